The smallest absolute Gasteiger partial charge is 0.270 e. The van der Waals surface area contributed by atoms with E-state index in [-0.39, 0.29) is 11.4 Å². The maximum absolute atomic E-state index is 11.2. The molecule has 1 aliphatic heterocycles. The Kier molecular flexibility index (Phi) is 5.65. The number of nitro benzene ring substituents is 2. The van der Waals surface area contributed by atoms with Gasteiger partial charge in [-0.3, -0.25) is 20.2 Å². The quantitative estimate of drug-likeness (QED) is 0.486. The Balaban J connectivity index is 1.73. The molecule has 2 heterocycles. The van der Waals surface area contributed by atoms with E-state index in [1.807, 2.05) is 4.57 Å². The zero-order valence-electron chi connectivity index (χ0n) is 16.6. The molecule has 4 rings (SSSR count). The number of aliphatic hydroxyl groups is 1. The fourth-order valence-corrected chi connectivity index (χ4v) is 4.39. The topological polar surface area (TPSA) is 115 Å². The highest BCUT2D eigenvalue weighted by Gasteiger charge is 2.20. The monoisotopic (exact) mass is 412 g/mol. The van der Waals surface area contributed by atoms with Gasteiger partial charge >= 0.3 is 0 Å². The van der Waals surface area contributed by atoms with Gasteiger partial charge in [-0.1, -0.05) is 12.8 Å². The first-order valence-corrected chi connectivity index (χ1v) is 10.2. The number of β-amino-alcohol motifs (C(OH)–C–C–N with tert-alkyl or cyclic N) is 1. The van der Waals surface area contributed by atoms with Crippen molar-refractivity contribution in [3.8, 4) is 0 Å². The van der Waals surface area contributed by atoms with Crippen LogP contribution in [-0.2, 0) is 6.54 Å². The maximum Gasteiger partial charge on any atom is 0.270 e. The lowest BCUT2D eigenvalue weighted by Crippen LogP contribution is -2.35. The van der Waals surface area contributed by atoms with E-state index in [0.29, 0.717) is 34.9 Å². The number of hydrogen-bond acceptors (Lipinski definition) is 6. The normalized spacial score (nSPS) is 16.6. The summed E-state index contributed by atoms with van der Waals surface area (Å²) in [5, 5.41) is 34.4. The van der Waals surface area contributed by atoms with Gasteiger partial charge in [0, 0.05) is 52.6 Å². The largest absolute Gasteiger partial charge is 0.390 e. The minimum Gasteiger partial charge on any atom is -0.390 e. The zero-order chi connectivity index (χ0) is 21.3. The van der Waals surface area contributed by atoms with Crippen LogP contribution in [0.5, 0.6) is 0 Å². The van der Waals surface area contributed by atoms with Crippen LogP contribution in [0, 0.1) is 20.2 Å². The molecular formula is C21H24N4O5. The van der Waals surface area contributed by atoms with Gasteiger partial charge in [-0.2, -0.15) is 0 Å². The van der Waals surface area contributed by atoms with Gasteiger partial charge in [0.15, 0.2) is 0 Å². The summed E-state index contributed by atoms with van der Waals surface area (Å²) in [4.78, 5) is 23.8. The lowest BCUT2D eigenvalue weighted by atomic mass is 10.1. The molecule has 1 fully saturated rings. The highest BCUT2D eigenvalue weighted by molar-refractivity contribution is 6.09. The van der Waals surface area contributed by atoms with Gasteiger partial charge in [-0.15, -0.1) is 0 Å². The van der Waals surface area contributed by atoms with Crippen molar-refractivity contribution in [1.82, 2.24) is 9.47 Å². The van der Waals surface area contributed by atoms with Gasteiger partial charge in [0.2, 0.25) is 0 Å². The van der Waals surface area contributed by atoms with Crippen LogP contribution in [0.4, 0.5) is 11.4 Å². The van der Waals surface area contributed by atoms with Crippen molar-refractivity contribution in [1.29, 1.82) is 0 Å². The first-order valence-electron chi connectivity index (χ1n) is 10.2. The van der Waals surface area contributed by atoms with Crippen LogP contribution in [0.3, 0.4) is 0 Å². The van der Waals surface area contributed by atoms with Crippen LogP contribution in [0.2, 0.25) is 0 Å². The molecule has 9 heteroatoms. The van der Waals surface area contributed by atoms with Gasteiger partial charge in [0.05, 0.1) is 22.5 Å². The van der Waals surface area contributed by atoms with E-state index in [4.69, 9.17) is 0 Å². The molecule has 0 amide bonds. The second kappa shape index (κ2) is 8.37. The average molecular weight is 412 g/mol. The molecule has 0 saturated carbocycles. The van der Waals surface area contributed by atoms with Crippen molar-refractivity contribution < 1.29 is 15.0 Å². The van der Waals surface area contributed by atoms with Crippen molar-refractivity contribution in [2.45, 2.75) is 38.3 Å². The fraction of sp³-hybridized carbons (Fsp3) is 0.429. The molecular weight excluding hydrogens is 388 g/mol. The third-order valence-corrected chi connectivity index (χ3v) is 5.81. The van der Waals surface area contributed by atoms with E-state index in [1.165, 1.54) is 37.1 Å². The van der Waals surface area contributed by atoms with Crippen molar-refractivity contribution >= 4 is 33.2 Å². The van der Waals surface area contributed by atoms with Gasteiger partial charge in [-0.25, -0.2) is 0 Å². The molecule has 30 heavy (non-hydrogen) atoms. The predicted molar refractivity (Wildman–Crippen MR) is 114 cm³/mol. The molecule has 0 bridgehead atoms. The molecule has 3 aromatic rings. The number of fused-ring (bicyclic) bond motifs is 3. The molecule has 1 saturated heterocycles. The highest BCUT2D eigenvalue weighted by atomic mass is 16.6. The Morgan fingerprint density at radius 1 is 0.833 bits per heavy atom. The van der Waals surface area contributed by atoms with E-state index in [1.54, 1.807) is 12.1 Å². The summed E-state index contributed by atoms with van der Waals surface area (Å²) in [5.74, 6) is 0. The first-order chi connectivity index (χ1) is 14.4. The third-order valence-electron chi connectivity index (χ3n) is 5.81. The molecule has 1 aromatic heterocycles. The van der Waals surface area contributed by atoms with Gasteiger partial charge < -0.3 is 14.6 Å². The van der Waals surface area contributed by atoms with Crippen LogP contribution in [0.1, 0.15) is 25.7 Å². The molecule has 1 aliphatic rings. The van der Waals surface area contributed by atoms with E-state index >= 15 is 0 Å². The Labute approximate surface area is 172 Å². The molecule has 1 unspecified atom stereocenters. The number of nitro groups is 2. The second-order valence-electron chi connectivity index (χ2n) is 7.90. The molecule has 0 aliphatic carbocycles. The molecule has 2 aromatic carbocycles. The molecule has 158 valence electrons. The van der Waals surface area contributed by atoms with E-state index in [0.717, 1.165) is 25.9 Å². The van der Waals surface area contributed by atoms with Gasteiger partial charge in [-0.05, 0) is 38.1 Å². The third kappa shape index (κ3) is 3.99. The molecule has 0 spiro atoms. The maximum atomic E-state index is 11.2. The number of benzene rings is 2. The molecule has 0 radical (unpaired) electrons. The molecule has 1 N–H and O–H groups in total. The summed E-state index contributed by atoms with van der Waals surface area (Å²) >= 11 is 0. The van der Waals surface area contributed by atoms with Crippen molar-refractivity contribution in [3.63, 3.8) is 0 Å². The zero-order valence-corrected chi connectivity index (χ0v) is 16.6. The van der Waals surface area contributed by atoms with Crippen LogP contribution < -0.4 is 0 Å². The number of likely N-dealkylation sites (tertiary alicyclic amines) is 1. The minimum absolute atomic E-state index is 0.0711. The van der Waals surface area contributed by atoms with Crippen molar-refractivity contribution in [3.05, 3.63) is 56.6 Å². The SMILES string of the molecule is O=[N+]([O-])c1ccc2c(c1)c1cc([N+](=O)[O-])ccc1n2CC(O)CN1CCCCCC1. The number of aromatic nitrogens is 1. The summed E-state index contributed by atoms with van der Waals surface area (Å²) in [6.07, 6.45) is 4.09. The fourth-order valence-electron chi connectivity index (χ4n) is 4.39. The highest BCUT2D eigenvalue weighted by Crippen LogP contribution is 2.34. The first kappa shape index (κ1) is 20.2. The van der Waals surface area contributed by atoms with Crippen LogP contribution in [-0.4, -0.2) is 50.2 Å². The summed E-state index contributed by atoms with van der Waals surface area (Å²) in [6.45, 7) is 2.82. The summed E-state index contributed by atoms with van der Waals surface area (Å²) < 4.78 is 1.90. The van der Waals surface area contributed by atoms with Crippen molar-refractivity contribution in [2.24, 2.45) is 0 Å². The number of nitrogens with zero attached hydrogens (tertiary/aromatic N) is 4. The van der Waals surface area contributed by atoms with Crippen molar-refractivity contribution in [2.75, 3.05) is 19.6 Å². The standard InChI is InChI=1S/C21H24N4O5/c26-17(13-22-9-3-1-2-4-10-22)14-23-20-7-5-15(24(27)28)11-18(20)19-12-16(25(29)30)6-8-21(19)23/h5-8,11-12,17,26H,1-4,9-10,13-14H2. The lowest BCUT2D eigenvalue weighted by Gasteiger charge is -2.24. The minimum atomic E-state index is -0.618. The average Bonchev–Trinajstić information content (AvgIpc) is 2.85. The van der Waals surface area contributed by atoms with Crippen LogP contribution in [0.25, 0.3) is 21.8 Å². The summed E-state index contributed by atoms with van der Waals surface area (Å²) in [6, 6.07) is 9.04. The van der Waals surface area contributed by atoms with Gasteiger partial charge in [0.1, 0.15) is 0 Å². The Morgan fingerprint density at radius 2 is 1.33 bits per heavy atom. The number of aliphatic hydroxyl groups excluding tert-OH is 1. The van der Waals surface area contributed by atoms with E-state index < -0.39 is 16.0 Å². The Bertz CT molecular complexity index is 1030. The number of hydrogen-bond donors (Lipinski definition) is 1. The van der Waals surface area contributed by atoms with E-state index in [2.05, 4.69) is 4.90 Å². The number of rotatable bonds is 6. The van der Waals surface area contributed by atoms with Crippen LogP contribution >= 0.6 is 0 Å². The van der Waals surface area contributed by atoms with Gasteiger partial charge in [0.25, 0.3) is 11.4 Å². The lowest BCUT2D eigenvalue weighted by molar-refractivity contribution is -0.385. The Hall–Kier alpha value is -3.04. The van der Waals surface area contributed by atoms with E-state index in [9.17, 15) is 25.3 Å². The summed E-state index contributed by atoms with van der Waals surface area (Å²) in [7, 11) is 0. The Morgan fingerprint density at radius 3 is 1.80 bits per heavy atom. The number of non-ortho nitro benzene ring substituents is 2. The predicted octanol–water partition coefficient (Wildman–Crippen LogP) is 3.85. The summed E-state index contributed by atoms with van der Waals surface area (Å²) in [5.41, 5.74) is 1.29. The molecule has 9 nitrogen and oxygen atoms in total. The second-order valence-corrected chi connectivity index (χ2v) is 7.90. The van der Waals surface area contributed by atoms with Crippen LogP contribution in [0.15, 0.2) is 36.4 Å². The molecule has 1 atom stereocenters.